The number of carbonyl (C=O) groups excluding carboxylic acids is 2. The standard InChI is InChI=1S/C17H33NO4.C2H6/c1-3-10-17(20)18-11-6-4-7-12-21-13-8-5-9-14-22-15-16(2)19;1-2/h3-15H2,1-2H3,(H,18,20);1-2H3. The summed E-state index contributed by atoms with van der Waals surface area (Å²) in [5.74, 6) is 0.235. The lowest BCUT2D eigenvalue weighted by Gasteiger charge is -2.06. The van der Waals surface area contributed by atoms with Crippen LogP contribution < -0.4 is 5.32 Å². The summed E-state index contributed by atoms with van der Waals surface area (Å²) in [5, 5.41) is 2.91. The van der Waals surface area contributed by atoms with E-state index >= 15 is 0 Å². The number of unbranched alkanes of at least 4 members (excludes halogenated alkanes) is 4. The van der Waals surface area contributed by atoms with Crippen LogP contribution in [0.25, 0.3) is 0 Å². The molecule has 0 aliphatic heterocycles. The Morgan fingerprint density at radius 2 is 1.38 bits per heavy atom. The molecule has 0 fully saturated rings. The minimum atomic E-state index is 0.0771. The van der Waals surface area contributed by atoms with Crippen LogP contribution >= 0.6 is 0 Å². The van der Waals surface area contributed by atoms with Gasteiger partial charge in [0.25, 0.3) is 0 Å². The predicted molar refractivity (Wildman–Crippen MR) is 99.3 cm³/mol. The Bertz CT molecular complexity index is 283. The molecule has 0 atom stereocenters. The molecule has 144 valence electrons. The molecule has 0 bridgehead atoms. The molecule has 5 heteroatoms. The lowest BCUT2D eigenvalue weighted by Crippen LogP contribution is -2.23. The van der Waals surface area contributed by atoms with E-state index in [1.54, 1.807) is 0 Å². The second-order valence-electron chi connectivity index (χ2n) is 5.59. The van der Waals surface area contributed by atoms with Crippen LogP contribution in [0.5, 0.6) is 0 Å². The fourth-order valence-corrected chi connectivity index (χ4v) is 1.95. The van der Waals surface area contributed by atoms with Gasteiger partial charge in [-0.1, -0.05) is 20.8 Å². The summed E-state index contributed by atoms with van der Waals surface area (Å²) in [5.41, 5.74) is 0. The van der Waals surface area contributed by atoms with Gasteiger partial charge in [-0.2, -0.15) is 0 Å². The van der Waals surface area contributed by atoms with Gasteiger partial charge in [0.2, 0.25) is 5.91 Å². The first-order chi connectivity index (χ1) is 11.7. The molecule has 0 spiro atoms. The molecular formula is C19H39NO4. The molecule has 0 heterocycles. The monoisotopic (exact) mass is 345 g/mol. The van der Waals surface area contributed by atoms with Gasteiger partial charge in [0.05, 0.1) is 0 Å². The van der Waals surface area contributed by atoms with Crippen LogP contribution in [0.2, 0.25) is 0 Å². The van der Waals surface area contributed by atoms with E-state index in [9.17, 15) is 9.59 Å². The first-order valence-corrected chi connectivity index (χ1v) is 9.58. The van der Waals surface area contributed by atoms with Gasteiger partial charge in [0.15, 0.2) is 5.78 Å². The number of carbonyl (C=O) groups is 2. The van der Waals surface area contributed by atoms with Gasteiger partial charge in [-0.15, -0.1) is 0 Å². The molecule has 0 aromatic carbocycles. The molecule has 0 radical (unpaired) electrons. The largest absolute Gasteiger partial charge is 0.381 e. The third kappa shape index (κ3) is 23.3. The molecule has 0 rings (SSSR count). The number of nitrogens with one attached hydrogen (secondary N) is 1. The summed E-state index contributed by atoms with van der Waals surface area (Å²) < 4.78 is 10.8. The Balaban J connectivity index is 0. The molecule has 1 N–H and O–H groups in total. The number of ether oxygens (including phenoxy) is 2. The Kier molecular flexibility index (Phi) is 23.3. The van der Waals surface area contributed by atoms with Crippen molar-refractivity contribution in [1.82, 2.24) is 5.32 Å². The van der Waals surface area contributed by atoms with E-state index in [2.05, 4.69) is 5.32 Å². The van der Waals surface area contributed by atoms with Crippen molar-refractivity contribution in [3.8, 4) is 0 Å². The van der Waals surface area contributed by atoms with Crippen molar-refractivity contribution in [2.75, 3.05) is 33.0 Å². The van der Waals surface area contributed by atoms with Crippen molar-refractivity contribution in [2.24, 2.45) is 0 Å². The van der Waals surface area contributed by atoms with Crippen molar-refractivity contribution >= 4 is 11.7 Å². The number of amides is 1. The fourth-order valence-electron chi connectivity index (χ4n) is 1.95. The lowest BCUT2D eigenvalue weighted by atomic mass is 10.2. The molecular weight excluding hydrogens is 306 g/mol. The van der Waals surface area contributed by atoms with Crippen LogP contribution in [0, 0.1) is 0 Å². The number of hydrogen-bond acceptors (Lipinski definition) is 4. The Hall–Kier alpha value is -0.940. The summed E-state index contributed by atoms with van der Waals surface area (Å²) in [4.78, 5) is 21.9. The van der Waals surface area contributed by atoms with Crippen molar-refractivity contribution in [1.29, 1.82) is 0 Å². The van der Waals surface area contributed by atoms with Crippen LogP contribution in [0.4, 0.5) is 0 Å². The maximum atomic E-state index is 11.2. The number of rotatable bonds is 16. The van der Waals surface area contributed by atoms with Crippen LogP contribution in [0.3, 0.4) is 0 Å². The third-order valence-electron chi connectivity index (χ3n) is 3.15. The summed E-state index contributed by atoms with van der Waals surface area (Å²) in [6, 6.07) is 0. The van der Waals surface area contributed by atoms with Crippen LogP contribution in [0.1, 0.15) is 79.1 Å². The second-order valence-corrected chi connectivity index (χ2v) is 5.59. The van der Waals surface area contributed by atoms with Gasteiger partial charge in [0, 0.05) is 32.8 Å². The highest BCUT2D eigenvalue weighted by Gasteiger charge is 1.98. The molecule has 0 aromatic heterocycles. The normalized spacial score (nSPS) is 10.0. The van der Waals surface area contributed by atoms with Crippen molar-refractivity contribution < 1.29 is 19.1 Å². The van der Waals surface area contributed by atoms with E-state index in [0.29, 0.717) is 13.0 Å². The highest BCUT2D eigenvalue weighted by Crippen LogP contribution is 1.99. The molecule has 1 amide bonds. The maximum Gasteiger partial charge on any atom is 0.219 e. The highest BCUT2D eigenvalue weighted by atomic mass is 16.5. The number of hydrogen-bond donors (Lipinski definition) is 1. The third-order valence-corrected chi connectivity index (χ3v) is 3.15. The van der Waals surface area contributed by atoms with Crippen LogP contribution in [-0.2, 0) is 19.1 Å². The smallest absolute Gasteiger partial charge is 0.219 e. The molecule has 0 aliphatic carbocycles. The van der Waals surface area contributed by atoms with E-state index in [-0.39, 0.29) is 18.3 Å². The first kappa shape index (κ1) is 25.3. The first-order valence-electron chi connectivity index (χ1n) is 9.58. The Labute approximate surface area is 148 Å². The minimum absolute atomic E-state index is 0.0771. The van der Waals surface area contributed by atoms with Crippen molar-refractivity contribution in [3.63, 3.8) is 0 Å². The Morgan fingerprint density at radius 3 is 1.92 bits per heavy atom. The van der Waals surface area contributed by atoms with Crippen molar-refractivity contribution in [3.05, 3.63) is 0 Å². The predicted octanol–water partition coefficient (Wildman–Crippen LogP) is 3.89. The van der Waals surface area contributed by atoms with E-state index < -0.39 is 0 Å². The van der Waals surface area contributed by atoms with E-state index in [0.717, 1.165) is 64.7 Å². The zero-order valence-electron chi connectivity index (χ0n) is 16.3. The molecule has 0 aliphatic rings. The van der Waals surface area contributed by atoms with E-state index in [1.165, 1.54) is 6.92 Å². The maximum absolute atomic E-state index is 11.2. The molecule has 0 saturated heterocycles. The van der Waals surface area contributed by atoms with E-state index in [4.69, 9.17) is 9.47 Å². The average molecular weight is 346 g/mol. The summed E-state index contributed by atoms with van der Waals surface area (Å²) in [7, 11) is 0. The molecule has 0 aromatic rings. The second kappa shape index (κ2) is 22.1. The van der Waals surface area contributed by atoms with Gasteiger partial charge in [-0.05, 0) is 51.9 Å². The Morgan fingerprint density at radius 1 is 0.833 bits per heavy atom. The molecule has 0 unspecified atom stereocenters. The van der Waals surface area contributed by atoms with Crippen molar-refractivity contribution in [2.45, 2.75) is 79.1 Å². The number of Topliss-reactive ketones (excluding diaryl/α,β-unsaturated/α-hetero) is 1. The summed E-state index contributed by atoms with van der Waals surface area (Å²) >= 11 is 0. The molecule has 5 nitrogen and oxygen atoms in total. The summed E-state index contributed by atoms with van der Waals surface area (Å²) in [6.07, 6.45) is 7.78. The lowest BCUT2D eigenvalue weighted by molar-refractivity contribution is -0.122. The SMILES string of the molecule is CC.CCCC(=O)NCCCCCOCCCCCOCC(C)=O. The fraction of sp³-hybridized carbons (Fsp3) is 0.895. The molecule has 24 heavy (non-hydrogen) atoms. The van der Waals surface area contributed by atoms with Gasteiger partial charge in [-0.3, -0.25) is 9.59 Å². The van der Waals surface area contributed by atoms with Crippen LogP contribution in [0.15, 0.2) is 0 Å². The molecule has 0 saturated carbocycles. The van der Waals surface area contributed by atoms with Gasteiger partial charge in [0.1, 0.15) is 6.61 Å². The van der Waals surface area contributed by atoms with E-state index in [1.807, 2.05) is 20.8 Å². The number of ketones is 1. The minimum Gasteiger partial charge on any atom is -0.381 e. The van der Waals surface area contributed by atoms with Crippen LogP contribution in [-0.4, -0.2) is 44.7 Å². The topological polar surface area (TPSA) is 64.6 Å². The average Bonchev–Trinajstić information content (AvgIpc) is 2.57. The zero-order chi connectivity index (χ0) is 18.5. The summed E-state index contributed by atoms with van der Waals surface area (Å²) in [6.45, 7) is 10.8. The zero-order valence-corrected chi connectivity index (χ0v) is 16.3. The van der Waals surface area contributed by atoms with Gasteiger partial charge < -0.3 is 14.8 Å². The highest BCUT2D eigenvalue weighted by molar-refractivity contribution is 5.76. The quantitative estimate of drug-likeness (QED) is 0.431. The van der Waals surface area contributed by atoms with Gasteiger partial charge >= 0.3 is 0 Å². The van der Waals surface area contributed by atoms with Gasteiger partial charge in [-0.25, -0.2) is 0 Å².